The van der Waals surface area contributed by atoms with Crippen LogP contribution in [0.5, 0.6) is 0 Å². The minimum atomic E-state index is -0.590. The highest BCUT2D eigenvalue weighted by Gasteiger charge is 2.18. The largest absolute Gasteiger partial charge is 0.444 e. The van der Waals surface area contributed by atoms with Crippen LogP contribution in [-0.2, 0) is 4.74 Å². The maximum absolute atomic E-state index is 11.7. The van der Waals surface area contributed by atoms with E-state index >= 15 is 0 Å². The number of halogens is 1. The zero-order valence-corrected chi connectivity index (χ0v) is 11.0. The number of aromatic amines is 1. The zero-order chi connectivity index (χ0) is 13.3. The third kappa shape index (κ3) is 2.89. The van der Waals surface area contributed by atoms with Gasteiger partial charge in [-0.1, -0.05) is 0 Å². The van der Waals surface area contributed by atoms with Gasteiger partial charge in [0.2, 0.25) is 5.28 Å². The second-order valence-electron chi connectivity index (χ2n) is 4.71. The molecule has 0 atom stereocenters. The molecule has 2 aromatic heterocycles. The third-order valence-electron chi connectivity index (χ3n) is 2.00. The summed E-state index contributed by atoms with van der Waals surface area (Å²) < 4.78 is 5.14. The van der Waals surface area contributed by atoms with E-state index in [2.05, 4.69) is 20.3 Å². The average molecular weight is 269 g/mol. The molecule has 6 nitrogen and oxygen atoms in total. The smallest absolute Gasteiger partial charge is 0.413 e. The molecule has 0 aliphatic carbocycles. The number of hydrogen-bond acceptors (Lipinski definition) is 4. The van der Waals surface area contributed by atoms with Crippen LogP contribution in [0.25, 0.3) is 11.0 Å². The number of anilines is 1. The van der Waals surface area contributed by atoms with Gasteiger partial charge in [-0.25, -0.2) is 9.78 Å². The molecule has 7 heteroatoms. The van der Waals surface area contributed by atoms with E-state index in [1.807, 2.05) is 0 Å². The first kappa shape index (κ1) is 12.6. The van der Waals surface area contributed by atoms with E-state index in [1.165, 1.54) is 0 Å². The Bertz CT molecular complexity index is 588. The van der Waals surface area contributed by atoms with Crippen molar-refractivity contribution in [2.45, 2.75) is 26.4 Å². The molecule has 18 heavy (non-hydrogen) atoms. The number of fused-ring (bicyclic) bond motifs is 1. The summed E-state index contributed by atoms with van der Waals surface area (Å²) in [4.78, 5) is 22.5. The van der Waals surface area contributed by atoms with Crippen molar-refractivity contribution in [2.24, 2.45) is 0 Å². The number of carbonyl (C=O) groups excluding carboxylic acids is 1. The molecule has 0 spiro atoms. The summed E-state index contributed by atoms with van der Waals surface area (Å²) in [5, 5.41) is 2.60. The molecule has 2 heterocycles. The highest BCUT2D eigenvalue weighted by atomic mass is 35.5. The van der Waals surface area contributed by atoms with Crippen LogP contribution in [0.4, 0.5) is 10.6 Å². The molecule has 0 aliphatic rings. The van der Waals surface area contributed by atoms with Gasteiger partial charge in [-0.2, -0.15) is 4.98 Å². The van der Waals surface area contributed by atoms with E-state index in [0.717, 1.165) is 0 Å². The monoisotopic (exact) mass is 268 g/mol. The lowest BCUT2D eigenvalue weighted by molar-refractivity contribution is 0.0635. The van der Waals surface area contributed by atoms with Crippen molar-refractivity contribution in [1.82, 2.24) is 15.0 Å². The summed E-state index contributed by atoms with van der Waals surface area (Å²) >= 11 is 5.77. The van der Waals surface area contributed by atoms with Gasteiger partial charge in [0, 0.05) is 6.20 Å². The summed E-state index contributed by atoms with van der Waals surface area (Å²) in [6, 6.07) is 1.74. The molecular weight excluding hydrogens is 256 g/mol. The number of amides is 1. The highest BCUT2D eigenvalue weighted by Crippen LogP contribution is 2.21. The molecule has 0 saturated heterocycles. The van der Waals surface area contributed by atoms with Crippen LogP contribution in [0.2, 0.25) is 5.28 Å². The van der Waals surface area contributed by atoms with Gasteiger partial charge in [-0.05, 0) is 38.4 Å². The summed E-state index contributed by atoms with van der Waals surface area (Å²) in [5.74, 6) is 0.296. The van der Waals surface area contributed by atoms with Gasteiger partial charge in [-0.3, -0.25) is 5.32 Å². The third-order valence-corrected chi connectivity index (χ3v) is 2.17. The van der Waals surface area contributed by atoms with E-state index in [-0.39, 0.29) is 5.28 Å². The van der Waals surface area contributed by atoms with E-state index in [1.54, 1.807) is 33.0 Å². The molecule has 96 valence electrons. The number of rotatable bonds is 1. The Morgan fingerprint density at radius 1 is 1.44 bits per heavy atom. The van der Waals surface area contributed by atoms with Gasteiger partial charge >= 0.3 is 6.09 Å². The quantitative estimate of drug-likeness (QED) is 0.779. The first-order chi connectivity index (χ1) is 8.35. The number of nitrogens with one attached hydrogen (secondary N) is 2. The van der Waals surface area contributed by atoms with Crippen LogP contribution >= 0.6 is 11.6 Å². The SMILES string of the molecule is CC(C)(C)OC(=O)Nc1nc(Cl)nc2cc[nH]c12. The number of carbonyl (C=O) groups is 1. The maximum Gasteiger partial charge on any atom is 0.413 e. The molecular formula is C11H13ClN4O2. The summed E-state index contributed by atoms with van der Waals surface area (Å²) in [7, 11) is 0. The van der Waals surface area contributed by atoms with Crippen LogP contribution < -0.4 is 5.32 Å². The lowest BCUT2D eigenvalue weighted by Gasteiger charge is -2.19. The lowest BCUT2D eigenvalue weighted by Crippen LogP contribution is -2.27. The van der Waals surface area contributed by atoms with Gasteiger partial charge in [-0.15, -0.1) is 0 Å². The van der Waals surface area contributed by atoms with Crippen molar-refractivity contribution in [2.75, 3.05) is 5.32 Å². The summed E-state index contributed by atoms with van der Waals surface area (Å²) in [5.41, 5.74) is 0.654. The normalized spacial score (nSPS) is 11.6. The first-order valence-electron chi connectivity index (χ1n) is 5.36. The molecule has 0 aliphatic heterocycles. The second-order valence-corrected chi connectivity index (χ2v) is 5.04. The van der Waals surface area contributed by atoms with Crippen LogP contribution in [0.1, 0.15) is 20.8 Å². The van der Waals surface area contributed by atoms with Crippen molar-refractivity contribution in [1.29, 1.82) is 0 Å². The van der Waals surface area contributed by atoms with Crippen molar-refractivity contribution >= 4 is 34.5 Å². The molecule has 1 amide bonds. The fraction of sp³-hybridized carbons (Fsp3) is 0.364. The number of ether oxygens (including phenoxy) is 1. The molecule has 0 aromatic carbocycles. The van der Waals surface area contributed by atoms with Crippen molar-refractivity contribution in [3.8, 4) is 0 Å². The molecule has 2 aromatic rings. The molecule has 0 radical (unpaired) electrons. The van der Waals surface area contributed by atoms with Gasteiger partial charge in [0.1, 0.15) is 11.1 Å². The summed E-state index contributed by atoms with van der Waals surface area (Å²) in [6.45, 7) is 5.34. The molecule has 0 unspecified atom stereocenters. The average Bonchev–Trinajstić information content (AvgIpc) is 2.61. The second kappa shape index (κ2) is 4.45. The number of H-pyrrole nitrogens is 1. The molecule has 2 rings (SSSR count). The van der Waals surface area contributed by atoms with Crippen molar-refractivity contribution in [3.05, 3.63) is 17.5 Å². The predicted octanol–water partition coefficient (Wildman–Crippen LogP) is 2.96. The topological polar surface area (TPSA) is 79.9 Å². The van der Waals surface area contributed by atoms with Crippen LogP contribution in [0.3, 0.4) is 0 Å². The Labute approximate surface area is 109 Å². The lowest BCUT2D eigenvalue weighted by atomic mass is 10.2. The standard InChI is InChI=1S/C11H13ClN4O2/c1-11(2,3)18-10(17)16-8-7-6(4-5-13-7)14-9(12)15-8/h4-5,13H,1-3H3,(H,14,15,16,17). The van der Waals surface area contributed by atoms with Crippen molar-refractivity contribution in [3.63, 3.8) is 0 Å². The minimum absolute atomic E-state index is 0.0631. The van der Waals surface area contributed by atoms with E-state index < -0.39 is 11.7 Å². The maximum atomic E-state index is 11.7. The molecule has 0 saturated carbocycles. The Morgan fingerprint density at radius 2 is 2.17 bits per heavy atom. The number of hydrogen-bond donors (Lipinski definition) is 2. The zero-order valence-electron chi connectivity index (χ0n) is 10.2. The van der Waals surface area contributed by atoms with Crippen LogP contribution in [-0.4, -0.2) is 26.6 Å². The van der Waals surface area contributed by atoms with E-state index in [4.69, 9.17) is 16.3 Å². The Morgan fingerprint density at radius 3 is 2.83 bits per heavy atom. The fourth-order valence-corrected chi connectivity index (χ4v) is 1.58. The predicted molar refractivity (Wildman–Crippen MR) is 68.8 cm³/mol. The minimum Gasteiger partial charge on any atom is -0.444 e. The van der Waals surface area contributed by atoms with E-state index in [9.17, 15) is 4.79 Å². The van der Waals surface area contributed by atoms with Gasteiger partial charge in [0.15, 0.2) is 5.82 Å². The fourth-order valence-electron chi connectivity index (χ4n) is 1.41. The van der Waals surface area contributed by atoms with Crippen LogP contribution in [0.15, 0.2) is 12.3 Å². The van der Waals surface area contributed by atoms with Gasteiger partial charge in [0.25, 0.3) is 0 Å². The van der Waals surface area contributed by atoms with Gasteiger partial charge in [0.05, 0.1) is 5.52 Å². The Hall–Kier alpha value is -1.82. The van der Waals surface area contributed by atoms with E-state index in [0.29, 0.717) is 16.9 Å². The van der Waals surface area contributed by atoms with Crippen LogP contribution in [0, 0.1) is 0 Å². The Balaban J connectivity index is 2.26. The van der Waals surface area contributed by atoms with Crippen molar-refractivity contribution < 1.29 is 9.53 Å². The molecule has 0 bridgehead atoms. The molecule has 0 fully saturated rings. The number of aromatic nitrogens is 3. The highest BCUT2D eigenvalue weighted by molar-refractivity contribution is 6.28. The van der Waals surface area contributed by atoms with Gasteiger partial charge < -0.3 is 9.72 Å². The molecule has 2 N–H and O–H groups in total. The summed E-state index contributed by atoms with van der Waals surface area (Å²) in [6.07, 6.45) is 1.10. The Kier molecular flexibility index (Phi) is 3.13. The number of nitrogens with zero attached hydrogens (tertiary/aromatic N) is 2. The first-order valence-corrected chi connectivity index (χ1v) is 5.73.